The van der Waals surface area contributed by atoms with Gasteiger partial charge in [-0.15, -0.1) is 0 Å². The summed E-state index contributed by atoms with van der Waals surface area (Å²) in [6.45, 7) is 4.09. The molecular formula is C12H20N2O3. The molecule has 17 heavy (non-hydrogen) atoms. The van der Waals surface area contributed by atoms with Crippen molar-refractivity contribution in [2.24, 2.45) is 5.92 Å². The van der Waals surface area contributed by atoms with Crippen LogP contribution >= 0.6 is 0 Å². The van der Waals surface area contributed by atoms with Gasteiger partial charge < -0.3 is 15.0 Å². The maximum Gasteiger partial charge on any atom is 0.247 e. The molecule has 5 nitrogen and oxygen atoms in total. The Balaban J connectivity index is 2.16. The third-order valence-electron chi connectivity index (χ3n) is 3.48. The molecule has 2 saturated heterocycles. The summed E-state index contributed by atoms with van der Waals surface area (Å²) >= 11 is 0. The minimum absolute atomic E-state index is 0.00708. The van der Waals surface area contributed by atoms with E-state index >= 15 is 0 Å². The van der Waals surface area contributed by atoms with Gasteiger partial charge in [0.15, 0.2) is 0 Å². The van der Waals surface area contributed by atoms with E-state index in [4.69, 9.17) is 4.74 Å². The zero-order chi connectivity index (χ0) is 12.6. The maximum absolute atomic E-state index is 12.3. The van der Waals surface area contributed by atoms with Gasteiger partial charge in [-0.2, -0.15) is 0 Å². The van der Waals surface area contributed by atoms with E-state index in [9.17, 15) is 9.59 Å². The first-order chi connectivity index (χ1) is 8.04. The van der Waals surface area contributed by atoms with E-state index in [1.54, 1.807) is 12.0 Å². The standard InChI is InChI=1S/C12H20N2O3/c1-7(2)6-8-12(16)14-9(11(15)13-8)4-5-10(14)17-3/h7-10H,4-6H2,1-3H3,(H,13,15). The molecule has 3 atom stereocenters. The lowest BCUT2D eigenvalue weighted by Crippen LogP contribution is -2.63. The SMILES string of the molecule is COC1CCC2C(=O)NC(CC(C)C)C(=O)N12. The molecule has 2 fully saturated rings. The molecule has 5 heteroatoms. The highest BCUT2D eigenvalue weighted by Gasteiger charge is 2.47. The lowest BCUT2D eigenvalue weighted by atomic mass is 9.99. The number of hydrogen-bond donors (Lipinski definition) is 1. The van der Waals surface area contributed by atoms with Crippen LogP contribution in [-0.2, 0) is 14.3 Å². The van der Waals surface area contributed by atoms with Gasteiger partial charge in [0.1, 0.15) is 18.3 Å². The molecule has 2 amide bonds. The van der Waals surface area contributed by atoms with Crippen LogP contribution < -0.4 is 5.32 Å². The lowest BCUT2D eigenvalue weighted by Gasteiger charge is -2.37. The highest BCUT2D eigenvalue weighted by molar-refractivity contribution is 5.97. The largest absolute Gasteiger partial charge is 0.362 e. The third kappa shape index (κ3) is 2.16. The van der Waals surface area contributed by atoms with Crippen molar-refractivity contribution in [2.45, 2.75) is 51.4 Å². The lowest BCUT2D eigenvalue weighted by molar-refractivity contribution is -0.157. The van der Waals surface area contributed by atoms with Gasteiger partial charge >= 0.3 is 0 Å². The smallest absolute Gasteiger partial charge is 0.247 e. The van der Waals surface area contributed by atoms with Gasteiger partial charge in [0, 0.05) is 7.11 Å². The van der Waals surface area contributed by atoms with Crippen molar-refractivity contribution in [3.05, 3.63) is 0 Å². The topological polar surface area (TPSA) is 58.6 Å². The number of rotatable bonds is 3. The normalized spacial score (nSPS) is 32.9. The van der Waals surface area contributed by atoms with Crippen LogP contribution in [0.2, 0.25) is 0 Å². The summed E-state index contributed by atoms with van der Waals surface area (Å²) in [5.41, 5.74) is 0. The number of fused-ring (bicyclic) bond motifs is 1. The van der Waals surface area contributed by atoms with Gasteiger partial charge in [-0.3, -0.25) is 9.59 Å². The first-order valence-electron chi connectivity index (χ1n) is 6.20. The average molecular weight is 240 g/mol. The Morgan fingerprint density at radius 1 is 1.41 bits per heavy atom. The molecule has 0 aromatic carbocycles. The summed E-state index contributed by atoms with van der Waals surface area (Å²) in [6.07, 6.45) is 1.90. The number of nitrogens with one attached hydrogen (secondary N) is 1. The number of methoxy groups -OCH3 is 1. The van der Waals surface area contributed by atoms with Crippen LogP contribution in [-0.4, -0.2) is 42.1 Å². The summed E-state index contributed by atoms with van der Waals surface area (Å²) in [5.74, 6) is 0.354. The summed E-state index contributed by atoms with van der Waals surface area (Å²) in [4.78, 5) is 25.8. The molecule has 96 valence electrons. The van der Waals surface area contributed by atoms with E-state index in [2.05, 4.69) is 5.32 Å². The van der Waals surface area contributed by atoms with E-state index < -0.39 is 0 Å². The maximum atomic E-state index is 12.3. The molecule has 0 aromatic heterocycles. The molecule has 1 N–H and O–H groups in total. The predicted octanol–water partition coefficient (Wildman–Crippen LogP) is 0.494. The molecular weight excluding hydrogens is 220 g/mol. The summed E-state index contributed by atoms with van der Waals surface area (Å²) in [7, 11) is 1.59. The Morgan fingerprint density at radius 3 is 2.71 bits per heavy atom. The molecule has 2 aliphatic heterocycles. The van der Waals surface area contributed by atoms with Gasteiger partial charge in [0.25, 0.3) is 0 Å². The van der Waals surface area contributed by atoms with Crippen molar-refractivity contribution in [1.29, 1.82) is 0 Å². The molecule has 3 unspecified atom stereocenters. The minimum atomic E-state index is -0.380. The fraction of sp³-hybridized carbons (Fsp3) is 0.833. The van der Waals surface area contributed by atoms with E-state index in [0.717, 1.165) is 6.42 Å². The van der Waals surface area contributed by atoms with Gasteiger partial charge in [-0.25, -0.2) is 0 Å². The highest BCUT2D eigenvalue weighted by Crippen LogP contribution is 2.29. The zero-order valence-electron chi connectivity index (χ0n) is 10.6. The average Bonchev–Trinajstić information content (AvgIpc) is 2.69. The fourth-order valence-electron chi connectivity index (χ4n) is 2.70. The molecule has 0 radical (unpaired) electrons. The Hall–Kier alpha value is -1.10. The first-order valence-corrected chi connectivity index (χ1v) is 6.20. The number of piperazine rings is 1. The van der Waals surface area contributed by atoms with Crippen molar-refractivity contribution in [1.82, 2.24) is 10.2 Å². The Bertz CT molecular complexity index is 330. The van der Waals surface area contributed by atoms with Crippen LogP contribution in [0.1, 0.15) is 33.1 Å². The molecule has 0 aliphatic carbocycles. The van der Waals surface area contributed by atoms with Crippen molar-refractivity contribution in [3.8, 4) is 0 Å². The first kappa shape index (κ1) is 12.4. The van der Waals surface area contributed by atoms with Crippen molar-refractivity contribution >= 4 is 11.8 Å². The quantitative estimate of drug-likeness (QED) is 0.781. The molecule has 0 aromatic rings. The number of amides is 2. The summed E-state index contributed by atoms with van der Waals surface area (Å²) < 4.78 is 5.28. The second kappa shape index (κ2) is 4.64. The van der Waals surface area contributed by atoms with Crippen LogP contribution in [0.4, 0.5) is 0 Å². The van der Waals surface area contributed by atoms with Gasteiger partial charge in [-0.05, 0) is 25.2 Å². The van der Waals surface area contributed by atoms with Gasteiger partial charge in [-0.1, -0.05) is 13.8 Å². The third-order valence-corrected chi connectivity index (χ3v) is 3.48. The fourth-order valence-corrected chi connectivity index (χ4v) is 2.70. The molecule has 2 aliphatic rings. The van der Waals surface area contributed by atoms with E-state index in [0.29, 0.717) is 18.8 Å². The number of ether oxygens (including phenoxy) is 1. The van der Waals surface area contributed by atoms with Gasteiger partial charge in [0.05, 0.1) is 0 Å². The Morgan fingerprint density at radius 2 is 2.12 bits per heavy atom. The van der Waals surface area contributed by atoms with Gasteiger partial charge in [0.2, 0.25) is 11.8 Å². The second-order valence-electron chi connectivity index (χ2n) is 5.22. The summed E-state index contributed by atoms with van der Waals surface area (Å²) in [6, 6.07) is -0.703. The number of carbonyl (C=O) groups is 2. The van der Waals surface area contributed by atoms with Crippen LogP contribution in [0.3, 0.4) is 0 Å². The Kier molecular flexibility index (Phi) is 3.38. The Labute approximate surface area is 101 Å². The van der Waals surface area contributed by atoms with Crippen molar-refractivity contribution < 1.29 is 14.3 Å². The van der Waals surface area contributed by atoms with E-state index in [1.165, 1.54) is 0 Å². The van der Waals surface area contributed by atoms with Crippen LogP contribution in [0.25, 0.3) is 0 Å². The number of nitrogens with zero attached hydrogens (tertiary/aromatic N) is 1. The monoisotopic (exact) mass is 240 g/mol. The van der Waals surface area contributed by atoms with Crippen LogP contribution in [0.15, 0.2) is 0 Å². The number of carbonyl (C=O) groups excluding carboxylic acids is 2. The molecule has 0 bridgehead atoms. The van der Waals surface area contributed by atoms with Crippen molar-refractivity contribution in [3.63, 3.8) is 0 Å². The van der Waals surface area contributed by atoms with E-state index in [-0.39, 0.29) is 30.1 Å². The van der Waals surface area contributed by atoms with Crippen molar-refractivity contribution in [2.75, 3.05) is 7.11 Å². The highest BCUT2D eigenvalue weighted by atomic mass is 16.5. The zero-order valence-corrected chi connectivity index (χ0v) is 10.6. The molecule has 2 heterocycles. The number of hydrogen-bond acceptors (Lipinski definition) is 3. The molecule has 0 spiro atoms. The second-order valence-corrected chi connectivity index (χ2v) is 5.22. The van der Waals surface area contributed by atoms with Crippen LogP contribution in [0, 0.1) is 5.92 Å². The molecule has 0 saturated carbocycles. The summed E-state index contributed by atoms with van der Waals surface area (Å²) in [5, 5.41) is 2.83. The molecule has 2 rings (SSSR count). The van der Waals surface area contributed by atoms with E-state index in [1.807, 2.05) is 13.8 Å². The van der Waals surface area contributed by atoms with Crippen LogP contribution in [0.5, 0.6) is 0 Å². The predicted molar refractivity (Wildman–Crippen MR) is 62.1 cm³/mol. The minimum Gasteiger partial charge on any atom is -0.362 e.